The molecule has 0 amide bonds. The van der Waals surface area contributed by atoms with Gasteiger partial charge in [-0.15, -0.1) is 0 Å². The maximum absolute atomic E-state index is 9.00. The van der Waals surface area contributed by atoms with Gasteiger partial charge in [0.05, 0.1) is 12.5 Å². The summed E-state index contributed by atoms with van der Waals surface area (Å²) in [7, 11) is 0. The van der Waals surface area contributed by atoms with E-state index in [0.29, 0.717) is 0 Å². The molecule has 122 valence electrons. The first-order valence-corrected chi connectivity index (χ1v) is 5.18. The Bertz CT molecular complexity index is 287. The average Bonchev–Trinajstić information content (AvgIpc) is 2.68. The Morgan fingerprint density at radius 2 is 0.762 bits per heavy atom. The largest absolute Gasteiger partial charge is 0.481 e. The number of carbonyl (C=O) groups is 4. The minimum Gasteiger partial charge on any atom is -0.481 e. The molecule has 0 aliphatic rings. The highest BCUT2D eigenvalue weighted by molar-refractivity contribution is 5.63. The summed E-state index contributed by atoms with van der Waals surface area (Å²) in [6.07, 6.45) is 3.25. The van der Waals surface area contributed by atoms with Crippen LogP contribution in [0.3, 0.4) is 0 Å². The molecule has 0 aliphatic heterocycles. The van der Waals surface area contributed by atoms with E-state index in [1.54, 1.807) is 12.5 Å². The molecule has 0 saturated carbocycles. The zero-order valence-electron chi connectivity index (χ0n) is 12.1. The van der Waals surface area contributed by atoms with Gasteiger partial charge in [-0.25, -0.2) is 0 Å². The lowest BCUT2D eigenvalue weighted by atomic mass is 10.7. The minimum absolute atomic E-state index is 0.833. The van der Waals surface area contributed by atoms with Crippen LogP contribution in [0.4, 0.5) is 0 Å². The van der Waals surface area contributed by atoms with Crippen molar-refractivity contribution >= 4 is 23.9 Å². The van der Waals surface area contributed by atoms with Gasteiger partial charge < -0.3 is 24.8 Å². The van der Waals surface area contributed by atoms with Gasteiger partial charge in [0, 0.05) is 27.7 Å². The molecule has 1 heterocycles. The van der Waals surface area contributed by atoms with Crippen LogP contribution in [-0.2, 0) is 19.2 Å². The molecule has 4 N–H and O–H groups in total. The lowest BCUT2D eigenvalue weighted by Gasteiger charge is -1.59. The van der Waals surface area contributed by atoms with Crippen LogP contribution in [0.15, 0.2) is 29.1 Å². The lowest BCUT2D eigenvalue weighted by Crippen LogP contribution is -1.78. The minimum atomic E-state index is -0.833. The second-order valence-electron chi connectivity index (χ2n) is 2.87. The van der Waals surface area contributed by atoms with E-state index >= 15 is 0 Å². The highest BCUT2D eigenvalue weighted by atomic mass is 16.4. The van der Waals surface area contributed by atoms with Crippen molar-refractivity contribution in [2.45, 2.75) is 27.7 Å². The normalized spacial score (nSPS) is 6.67. The van der Waals surface area contributed by atoms with Gasteiger partial charge in [0.25, 0.3) is 23.9 Å². The van der Waals surface area contributed by atoms with E-state index < -0.39 is 23.9 Å². The van der Waals surface area contributed by atoms with Gasteiger partial charge >= 0.3 is 0 Å². The van der Waals surface area contributed by atoms with Crippen LogP contribution in [0.1, 0.15) is 27.7 Å². The summed E-state index contributed by atoms with van der Waals surface area (Å²) < 4.78 is 4.58. The van der Waals surface area contributed by atoms with Crippen molar-refractivity contribution in [1.82, 2.24) is 0 Å². The number of hydrogen-bond acceptors (Lipinski definition) is 5. The molecule has 0 radical (unpaired) electrons. The molecule has 0 aromatic carbocycles. The third-order valence-electron chi connectivity index (χ3n) is 0.425. The van der Waals surface area contributed by atoms with Crippen LogP contribution in [0.25, 0.3) is 0 Å². The van der Waals surface area contributed by atoms with Crippen molar-refractivity contribution < 1.29 is 44.0 Å². The van der Waals surface area contributed by atoms with Crippen LogP contribution >= 0.6 is 0 Å². The molecule has 9 heteroatoms. The van der Waals surface area contributed by atoms with Crippen molar-refractivity contribution in [2.75, 3.05) is 0 Å². The Morgan fingerprint density at radius 1 is 0.619 bits per heavy atom. The fourth-order valence-electron chi connectivity index (χ4n) is 0.227. The zero-order valence-corrected chi connectivity index (χ0v) is 12.1. The summed E-state index contributed by atoms with van der Waals surface area (Å²) in [4.78, 5) is 36.0. The molecule has 1 rings (SSSR count). The molecule has 0 atom stereocenters. The van der Waals surface area contributed by atoms with Crippen LogP contribution in [0.5, 0.6) is 0 Å². The molecule has 0 spiro atoms. The molecule has 0 saturated heterocycles. The quantitative estimate of drug-likeness (QED) is 0.557. The molecule has 9 nitrogen and oxygen atoms in total. The van der Waals surface area contributed by atoms with Crippen LogP contribution < -0.4 is 0 Å². The first-order chi connectivity index (χ1) is 9.43. The Morgan fingerprint density at radius 3 is 0.810 bits per heavy atom. The van der Waals surface area contributed by atoms with Crippen LogP contribution in [0.2, 0.25) is 0 Å². The van der Waals surface area contributed by atoms with Gasteiger partial charge in [0.15, 0.2) is 0 Å². The van der Waals surface area contributed by atoms with Crippen molar-refractivity contribution in [3.8, 4) is 0 Å². The average molecular weight is 308 g/mol. The molecule has 21 heavy (non-hydrogen) atoms. The number of rotatable bonds is 0. The van der Waals surface area contributed by atoms with E-state index in [1.807, 2.05) is 12.1 Å². The van der Waals surface area contributed by atoms with E-state index in [9.17, 15) is 0 Å². The van der Waals surface area contributed by atoms with Gasteiger partial charge in [-0.05, 0) is 12.1 Å². The smallest absolute Gasteiger partial charge is 0.300 e. The summed E-state index contributed by atoms with van der Waals surface area (Å²) in [5.41, 5.74) is 0. The fourth-order valence-corrected chi connectivity index (χ4v) is 0.227. The van der Waals surface area contributed by atoms with E-state index in [2.05, 4.69) is 4.42 Å². The van der Waals surface area contributed by atoms with Gasteiger partial charge in [-0.3, -0.25) is 19.2 Å². The highest BCUT2D eigenvalue weighted by Gasteiger charge is 1.66. The molecule has 1 aromatic heterocycles. The number of hydrogen-bond donors (Lipinski definition) is 4. The number of aliphatic carboxylic acids is 4. The second-order valence-corrected chi connectivity index (χ2v) is 2.87. The standard InChI is InChI=1S/C4H4O.4C2H4O2/c1-2-4-5-3-1;4*1-2(3)4/h1-4H;4*1H3,(H,3,4). The maximum Gasteiger partial charge on any atom is 0.300 e. The zero-order chi connectivity index (χ0) is 17.8. The SMILES string of the molecule is CC(=O)O.CC(=O)O.CC(=O)O.CC(=O)O.c1ccoc1. The molecule has 0 fully saturated rings. The van der Waals surface area contributed by atoms with Crippen LogP contribution in [-0.4, -0.2) is 44.3 Å². The van der Waals surface area contributed by atoms with Gasteiger partial charge in [0.2, 0.25) is 0 Å². The summed E-state index contributed by atoms with van der Waals surface area (Å²) in [5.74, 6) is -3.33. The lowest BCUT2D eigenvalue weighted by molar-refractivity contribution is -0.135. The number of furan rings is 1. The van der Waals surface area contributed by atoms with E-state index in [1.165, 1.54) is 0 Å². The summed E-state index contributed by atoms with van der Waals surface area (Å²) >= 11 is 0. The number of carboxylic acids is 4. The fraction of sp³-hybridized carbons (Fsp3) is 0.333. The highest BCUT2D eigenvalue weighted by Crippen LogP contribution is 1.79. The van der Waals surface area contributed by atoms with Gasteiger partial charge in [0.1, 0.15) is 0 Å². The Balaban J connectivity index is -0.0000000866. The first kappa shape index (κ1) is 26.7. The molecule has 0 unspecified atom stereocenters. The maximum atomic E-state index is 9.00. The molecule has 1 aromatic rings. The second kappa shape index (κ2) is 22.3. The van der Waals surface area contributed by atoms with Crippen LogP contribution in [0, 0.1) is 0 Å². The number of carboxylic acid groups (broad SMARTS) is 4. The Hall–Kier alpha value is -2.84. The monoisotopic (exact) mass is 308 g/mol. The predicted octanol–water partition coefficient (Wildman–Crippen LogP) is 1.64. The van der Waals surface area contributed by atoms with Crippen molar-refractivity contribution in [1.29, 1.82) is 0 Å². The van der Waals surface area contributed by atoms with E-state index in [0.717, 1.165) is 27.7 Å². The molecular weight excluding hydrogens is 288 g/mol. The third-order valence-corrected chi connectivity index (χ3v) is 0.425. The van der Waals surface area contributed by atoms with Gasteiger partial charge in [-0.1, -0.05) is 0 Å². The van der Waals surface area contributed by atoms with E-state index in [4.69, 9.17) is 39.6 Å². The summed E-state index contributed by atoms with van der Waals surface area (Å²) in [6.45, 7) is 4.33. The Labute approximate surface area is 121 Å². The van der Waals surface area contributed by atoms with Crippen molar-refractivity contribution in [2.24, 2.45) is 0 Å². The van der Waals surface area contributed by atoms with Crippen molar-refractivity contribution in [3.05, 3.63) is 24.7 Å². The summed E-state index contributed by atoms with van der Waals surface area (Å²) in [6, 6.07) is 3.67. The summed E-state index contributed by atoms with van der Waals surface area (Å²) in [5, 5.41) is 29.7. The van der Waals surface area contributed by atoms with Crippen molar-refractivity contribution in [3.63, 3.8) is 0 Å². The topological polar surface area (TPSA) is 162 Å². The van der Waals surface area contributed by atoms with E-state index in [-0.39, 0.29) is 0 Å². The first-order valence-electron chi connectivity index (χ1n) is 5.18. The molecule has 0 aliphatic carbocycles. The Kier molecular flexibility index (Phi) is 28.4. The molecular formula is C12H20O9. The van der Waals surface area contributed by atoms with Gasteiger partial charge in [-0.2, -0.15) is 0 Å². The third kappa shape index (κ3) is 845. The molecule has 0 bridgehead atoms. The predicted molar refractivity (Wildman–Crippen MR) is 71.9 cm³/mol.